The topological polar surface area (TPSA) is 74.5 Å². The third-order valence-corrected chi connectivity index (χ3v) is 2.45. The minimum atomic E-state index is -4.79. The van der Waals surface area contributed by atoms with Crippen molar-refractivity contribution in [2.24, 2.45) is 0 Å². The van der Waals surface area contributed by atoms with E-state index in [-0.39, 0.29) is 11.4 Å². The first-order valence-corrected chi connectivity index (χ1v) is 5.80. The SMILES string of the molecule is COC(=O)C(F)(F)Oc1ccc(-c2noc(C(F)(F)F)n2)cc1. The third-order valence-electron chi connectivity index (χ3n) is 2.45. The Bertz CT molecular complexity index is 696. The predicted octanol–water partition coefficient (Wildman–Crippen LogP) is 2.90. The Morgan fingerprint density at radius 3 is 2.22 bits per heavy atom. The zero-order chi connectivity index (χ0) is 17.3. The Labute approximate surface area is 124 Å². The molecule has 0 saturated heterocycles. The molecule has 23 heavy (non-hydrogen) atoms. The number of ether oxygens (including phenoxy) is 2. The molecule has 0 fully saturated rings. The molecule has 0 amide bonds. The molecule has 11 heteroatoms. The van der Waals surface area contributed by atoms with Crippen molar-refractivity contribution in [1.82, 2.24) is 10.1 Å². The van der Waals surface area contributed by atoms with Crippen molar-refractivity contribution in [3.05, 3.63) is 30.2 Å². The van der Waals surface area contributed by atoms with Gasteiger partial charge < -0.3 is 14.0 Å². The number of hydrogen-bond acceptors (Lipinski definition) is 6. The lowest BCUT2D eigenvalue weighted by Gasteiger charge is -2.14. The summed E-state index contributed by atoms with van der Waals surface area (Å²) in [5.74, 6) is -4.23. The minimum absolute atomic E-state index is 0.0676. The van der Waals surface area contributed by atoms with Crippen molar-refractivity contribution in [1.29, 1.82) is 0 Å². The number of hydrogen-bond donors (Lipinski definition) is 0. The monoisotopic (exact) mass is 338 g/mol. The largest absolute Gasteiger partial charge is 0.502 e. The lowest BCUT2D eigenvalue weighted by molar-refractivity contribution is -0.214. The number of esters is 1. The van der Waals surface area contributed by atoms with Gasteiger partial charge in [-0.1, -0.05) is 5.16 Å². The van der Waals surface area contributed by atoms with Crippen LogP contribution in [-0.2, 0) is 15.7 Å². The van der Waals surface area contributed by atoms with Crippen LogP contribution in [0.2, 0.25) is 0 Å². The molecule has 0 aliphatic heterocycles. The summed E-state index contributed by atoms with van der Waals surface area (Å²) in [4.78, 5) is 13.9. The molecule has 2 aromatic rings. The highest BCUT2D eigenvalue weighted by atomic mass is 19.4. The summed E-state index contributed by atoms with van der Waals surface area (Å²) in [5, 5.41) is 3.13. The maximum atomic E-state index is 13.2. The number of methoxy groups -OCH3 is 1. The van der Waals surface area contributed by atoms with Crippen molar-refractivity contribution in [3.63, 3.8) is 0 Å². The average molecular weight is 338 g/mol. The number of rotatable bonds is 4. The molecule has 0 spiro atoms. The fourth-order valence-corrected chi connectivity index (χ4v) is 1.44. The van der Waals surface area contributed by atoms with Crippen LogP contribution < -0.4 is 4.74 Å². The van der Waals surface area contributed by atoms with Crippen LogP contribution in [0.25, 0.3) is 11.4 Å². The van der Waals surface area contributed by atoms with Gasteiger partial charge in [0, 0.05) is 5.56 Å². The van der Waals surface area contributed by atoms with Crippen molar-refractivity contribution < 1.29 is 40.7 Å². The molecule has 0 aliphatic rings. The second-order valence-electron chi connectivity index (χ2n) is 4.06. The van der Waals surface area contributed by atoms with E-state index >= 15 is 0 Å². The van der Waals surface area contributed by atoms with E-state index in [0.717, 1.165) is 31.4 Å². The standard InChI is InChI=1S/C12H7F5N2O4/c1-21-10(20)12(16,17)22-7-4-2-6(3-5-7)8-18-9(23-19-8)11(13,14)15/h2-5H,1H3. The van der Waals surface area contributed by atoms with Crippen LogP contribution in [0.3, 0.4) is 0 Å². The first-order chi connectivity index (χ1) is 10.6. The Hall–Kier alpha value is -2.72. The number of carbonyl (C=O) groups is 1. The van der Waals surface area contributed by atoms with E-state index in [2.05, 4.69) is 24.1 Å². The van der Waals surface area contributed by atoms with Gasteiger partial charge in [-0.05, 0) is 24.3 Å². The number of aromatic nitrogens is 2. The molecule has 0 unspecified atom stereocenters. The van der Waals surface area contributed by atoms with Crippen LogP contribution in [0.4, 0.5) is 22.0 Å². The number of alkyl halides is 5. The van der Waals surface area contributed by atoms with Crippen LogP contribution in [-0.4, -0.2) is 29.3 Å². The molecule has 0 N–H and O–H groups in total. The van der Waals surface area contributed by atoms with Crippen molar-refractivity contribution in [2.75, 3.05) is 7.11 Å². The van der Waals surface area contributed by atoms with E-state index in [1.165, 1.54) is 0 Å². The summed E-state index contributed by atoms with van der Waals surface area (Å²) < 4.78 is 75.5. The van der Waals surface area contributed by atoms with Gasteiger partial charge in [-0.3, -0.25) is 0 Å². The molecular weight excluding hydrogens is 331 g/mol. The van der Waals surface area contributed by atoms with Crippen LogP contribution in [0, 0.1) is 0 Å². The Balaban J connectivity index is 2.17. The van der Waals surface area contributed by atoms with Gasteiger partial charge >= 0.3 is 24.1 Å². The summed E-state index contributed by atoms with van der Waals surface area (Å²) in [6.45, 7) is 0. The highest BCUT2D eigenvalue weighted by Crippen LogP contribution is 2.30. The first kappa shape index (κ1) is 16.6. The Morgan fingerprint density at radius 1 is 1.13 bits per heavy atom. The molecule has 0 aliphatic carbocycles. The van der Waals surface area contributed by atoms with Crippen LogP contribution in [0.15, 0.2) is 28.8 Å². The van der Waals surface area contributed by atoms with Crippen LogP contribution in [0.5, 0.6) is 5.75 Å². The van der Waals surface area contributed by atoms with E-state index < -0.39 is 29.9 Å². The molecule has 6 nitrogen and oxygen atoms in total. The van der Waals surface area contributed by atoms with Gasteiger partial charge in [-0.2, -0.15) is 26.9 Å². The number of nitrogens with zero attached hydrogens (tertiary/aromatic N) is 2. The summed E-state index contributed by atoms with van der Waals surface area (Å²) in [6, 6.07) is 4.23. The molecule has 1 heterocycles. The Kier molecular flexibility index (Phi) is 4.21. The fourth-order valence-electron chi connectivity index (χ4n) is 1.44. The molecule has 124 valence electrons. The lowest BCUT2D eigenvalue weighted by Crippen LogP contribution is -2.36. The van der Waals surface area contributed by atoms with Crippen molar-refractivity contribution >= 4 is 5.97 Å². The van der Waals surface area contributed by atoms with Crippen molar-refractivity contribution in [3.8, 4) is 17.1 Å². The summed E-state index contributed by atoms with van der Waals surface area (Å²) in [5.41, 5.74) is 0.0676. The third kappa shape index (κ3) is 3.73. The summed E-state index contributed by atoms with van der Waals surface area (Å²) in [6.07, 6.45) is -9.00. The zero-order valence-corrected chi connectivity index (χ0v) is 11.2. The summed E-state index contributed by atoms with van der Waals surface area (Å²) in [7, 11) is 0.761. The van der Waals surface area contributed by atoms with E-state index in [4.69, 9.17) is 0 Å². The molecule has 0 saturated carbocycles. The number of halogens is 5. The van der Waals surface area contributed by atoms with Crippen LogP contribution >= 0.6 is 0 Å². The maximum Gasteiger partial charge on any atom is 0.502 e. The maximum absolute atomic E-state index is 13.2. The second kappa shape index (κ2) is 5.82. The van der Waals surface area contributed by atoms with Gasteiger partial charge in [0.25, 0.3) is 0 Å². The number of benzene rings is 1. The van der Waals surface area contributed by atoms with Crippen molar-refractivity contribution in [2.45, 2.75) is 12.3 Å². The normalized spacial score (nSPS) is 12.1. The molecule has 0 atom stereocenters. The minimum Gasteiger partial charge on any atom is -0.462 e. The van der Waals surface area contributed by atoms with Crippen LogP contribution in [0.1, 0.15) is 5.89 Å². The van der Waals surface area contributed by atoms with E-state index in [9.17, 15) is 26.7 Å². The highest BCUT2D eigenvalue weighted by Gasteiger charge is 2.44. The quantitative estimate of drug-likeness (QED) is 0.630. The molecular formula is C12H7F5N2O4. The van der Waals surface area contributed by atoms with E-state index in [0.29, 0.717) is 0 Å². The number of carbonyl (C=O) groups excluding carboxylic acids is 1. The zero-order valence-electron chi connectivity index (χ0n) is 11.2. The van der Waals surface area contributed by atoms with Gasteiger partial charge in [-0.25, -0.2) is 4.79 Å². The second-order valence-corrected chi connectivity index (χ2v) is 4.06. The smallest absolute Gasteiger partial charge is 0.462 e. The molecule has 0 bridgehead atoms. The molecule has 1 aromatic heterocycles. The van der Waals surface area contributed by atoms with E-state index in [1.54, 1.807) is 0 Å². The van der Waals surface area contributed by atoms with Gasteiger partial charge in [0.1, 0.15) is 5.75 Å². The van der Waals surface area contributed by atoms with Gasteiger partial charge in [-0.15, -0.1) is 0 Å². The lowest BCUT2D eigenvalue weighted by atomic mass is 10.2. The highest BCUT2D eigenvalue weighted by molar-refractivity contribution is 5.76. The van der Waals surface area contributed by atoms with Gasteiger partial charge in [0.05, 0.1) is 7.11 Å². The molecule has 1 aromatic carbocycles. The van der Waals surface area contributed by atoms with Gasteiger partial charge in [0.15, 0.2) is 0 Å². The predicted molar refractivity (Wildman–Crippen MR) is 62.3 cm³/mol. The molecule has 2 rings (SSSR count). The average Bonchev–Trinajstić information content (AvgIpc) is 2.96. The summed E-state index contributed by atoms with van der Waals surface area (Å²) >= 11 is 0. The van der Waals surface area contributed by atoms with E-state index in [1.807, 2.05) is 0 Å². The fraction of sp³-hybridized carbons (Fsp3) is 0.250. The Morgan fingerprint density at radius 2 is 1.74 bits per heavy atom. The van der Waals surface area contributed by atoms with Gasteiger partial charge in [0.2, 0.25) is 5.82 Å². The first-order valence-electron chi connectivity index (χ1n) is 5.80. The molecule has 0 radical (unpaired) electrons.